The molecule has 1 fully saturated rings. The van der Waals surface area contributed by atoms with Gasteiger partial charge in [0.05, 0.1) is 0 Å². The smallest absolute Gasteiger partial charge is 0.266 e. The fraction of sp³-hybridized carbons (Fsp3) is 0.438. The SMILES string of the molecule is Cc1cccc(N/C=C(/C#N)C(=O)N2CCC(C)CC2)n1. The fourth-order valence-electron chi connectivity index (χ4n) is 2.29. The number of nitrogens with one attached hydrogen (secondary N) is 1. The summed E-state index contributed by atoms with van der Waals surface area (Å²) in [7, 11) is 0. The van der Waals surface area contributed by atoms with Crippen LogP contribution in [0.25, 0.3) is 0 Å². The molecule has 2 rings (SSSR count). The van der Waals surface area contributed by atoms with Crippen LogP contribution < -0.4 is 5.32 Å². The van der Waals surface area contributed by atoms with E-state index in [2.05, 4.69) is 17.2 Å². The first-order valence-corrected chi connectivity index (χ1v) is 7.20. The molecule has 1 aromatic heterocycles. The molecule has 1 aliphatic heterocycles. The number of aromatic nitrogens is 1. The number of anilines is 1. The summed E-state index contributed by atoms with van der Waals surface area (Å²) in [6.07, 6.45) is 3.44. The maximum absolute atomic E-state index is 12.3. The van der Waals surface area contributed by atoms with Gasteiger partial charge in [-0.1, -0.05) is 13.0 Å². The fourth-order valence-corrected chi connectivity index (χ4v) is 2.29. The van der Waals surface area contributed by atoms with Gasteiger partial charge in [0, 0.05) is 25.0 Å². The third kappa shape index (κ3) is 4.06. The molecule has 0 unspecified atom stereocenters. The van der Waals surface area contributed by atoms with Gasteiger partial charge in [-0.2, -0.15) is 5.26 Å². The number of amides is 1. The van der Waals surface area contributed by atoms with Crippen LogP contribution in [-0.4, -0.2) is 28.9 Å². The number of carbonyl (C=O) groups is 1. The average molecular weight is 284 g/mol. The summed E-state index contributed by atoms with van der Waals surface area (Å²) in [4.78, 5) is 18.3. The van der Waals surface area contributed by atoms with Gasteiger partial charge in [-0.3, -0.25) is 4.79 Å². The molecule has 0 saturated carbocycles. The molecule has 0 atom stereocenters. The molecule has 5 heteroatoms. The van der Waals surface area contributed by atoms with E-state index < -0.39 is 0 Å². The van der Waals surface area contributed by atoms with Crippen LogP contribution in [0.4, 0.5) is 5.82 Å². The second-order valence-electron chi connectivity index (χ2n) is 5.45. The largest absolute Gasteiger partial charge is 0.345 e. The number of pyridine rings is 1. The van der Waals surface area contributed by atoms with E-state index in [0.29, 0.717) is 11.7 Å². The van der Waals surface area contributed by atoms with Gasteiger partial charge in [-0.25, -0.2) is 4.98 Å². The number of hydrogen-bond acceptors (Lipinski definition) is 4. The summed E-state index contributed by atoms with van der Waals surface area (Å²) in [6.45, 7) is 5.53. The highest BCUT2D eigenvalue weighted by Crippen LogP contribution is 2.17. The van der Waals surface area contributed by atoms with Crippen molar-refractivity contribution >= 4 is 11.7 Å². The molecule has 2 heterocycles. The Morgan fingerprint density at radius 3 is 2.81 bits per heavy atom. The Hall–Kier alpha value is -2.35. The summed E-state index contributed by atoms with van der Waals surface area (Å²) in [6, 6.07) is 7.53. The number of carbonyl (C=O) groups excluding carboxylic acids is 1. The van der Waals surface area contributed by atoms with E-state index in [1.165, 1.54) is 6.20 Å². The molecule has 21 heavy (non-hydrogen) atoms. The Bertz CT molecular complexity index is 580. The Balaban J connectivity index is 2.03. The van der Waals surface area contributed by atoms with E-state index in [4.69, 9.17) is 0 Å². The minimum atomic E-state index is -0.204. The van der Waals surface area contributed by atoms with Crippen molar-refractivity contribution in [3.8, 4) is 6.07 Å². The second-order valence-corrected chi connectivity index (χ2v) is 5.45. The van der Waals surface area contributed by atoms with Gasteiger partial charge in [0.2, 0.25) is 0 Å². The van der Waals surface area contributed by atoms with E-state index in [1.807, 2.05) is 25.1 Å². The first-order chi connectivity index (χ1) is 10.1. The first-order valence-electron chi connectivity index (χ1n) is 7.20. The molecular formula is C16H20N4O. The molecule has 1 aliphatic rings. The molecule has 1 N–H and O–H groups in total. The maximum atomic E-state index is 12.3. The molecule has 0 spiro atoms. The standard InChI is InChI=1S/C16H20N4O/c1-12-6-8-20(9-7-12)16(21)14(10-17)11-18-15-5-3-4-13(2)19-15/h3-5,11-12H,6-9H2,1-2H3,(H,18,19)/b14-11-. The molecule has 0 aromatic carbocycles. The Kier molecular flexibility index (Phi) is 4.94. The van der Waals surface area contributed by atoms with Crippen molar-refractivity contribution in [2.24, 2.45) is 5.92 Å². The van der Waals surface area contributed by atoms with Gasteiger partial charge in [-0.05, 0) is 37.8 Å². The van der Waals surface area contributed by atoms with Gasteiger partial charge < -0.3 is 10.2 Å². The topological polar surface area (TPSA) is 69.0 Å². The second kappa shape index (κ2) is 6.89. The monoisotopic (exact) mass is 284 g/mol. The lowest BCUT2D eigenvalue weighted by Gasteiger charge is -2.30. The van der Waals surface area contributed by atoms with Crippen LogP contribution in [0.15, 0.2) is 30.0 Å². The van der Waals surface area contributed by atoms with Crippen molar-refractivity contribution < 1.29 is 4.79 Å². The average Bonchev–Trinajstić information content (AvgIpc) is 2.48. The highest BCUT2D eigenvalue weighted by Gasteiger charge is 2.22. The van der Waals surface area contributed by atoms with E-state index in [9.17, 15) is 10.1 Å². The molecule has 0 bridgehead atoms. The van der Waals surface area contributed by atoms with Crippen LogP contribution in [0, 0.1) is 24.2 Å². The number of piperidine rings is 1. The van der Waals surface area contributed by atoms with Crippen LogP contribution in [0.5, 0.6) is 0 Å². The quantitative estimate of drug-likeness (QED) is 0.684. The predicted octanol–water partition coefficient (Wildman–Crippen LogP) is 2.47. The Morgan fingerprint density at radius 2 is 2.19 bits per heavy atom. The molecule has 1 aromatic rings. The van der Waals surface area contributed by atoms with Crippen LogP contribution in [0.2, 0.25) is 0 Å². The van der Waals surface area contributed by atoms with Crippen molar-refractivity contribution in [3.63, 3.8) is 0 Å². The number of rotatable bonds is 3. The van der Waals surface area contributed by atoms with Gasteiger partial charge in [0.25, 0.3) is 5.91 Å². The minimum Gasteiger partial charge on any atom is -0.345 e. The highest BCUT2D eigenvalue weighted by molar-refractivity contribution is 5.97. The van der Waals surface area contributed by atoms with E-state index in [1.54, 1.807) is 11.0 Å². The summed E-state index contributed by atoms with van der Waals surface area (Å²) in [5.74, 6) is 1.07. The van der Waals surface area contributed by atoms with E-state index >= 15 is 0 Å². The number of nitriles is 1. The minimum absolute atomic E-state index is 0.118. The zero-order valence-corrected chi connectivity index (χ0v) is 12.5. The van der Waals surface area contributed by atoms with Gasteiger partial charge in [-0.15, -0.1) is 0 Å². The molecule has 0 radical (unpaired) electrons. The third-order valence-electron chi connectivity index (χ3n) is 3.67. The molecule has 1 amide bonds. The summed E-state index contributed by atoms with van der Waals surface area (Å²) in [5, 5.41) is 12.1. The van der Waals surface area contributed by atoms with Crippen LogP contribution >= 0.6 is 0 Å². The zero-order valence-electron chi connectivity index (χ0n) is 12.5. The zero-order chi connectivity index (χ0) is 15.2. The van der Waals surface area contributed by atoms with Crippen molar-refractivity contribution in [2.75, 3.05) is 18.4 Å². The molecule has 1 saturated heterocycles. The van der Waals surface area contributed by atoms with E-state index in [0.717, 1.165) is 31.6 Å². The number of aryl methyl sites for hydroxylation is 1. The lowest BCUT2D eigenvalue weighted by molar-refractivity contribution is -0.128. The highest BCUT2D eigenvalue weighted by atomic mass is 16.2. The number of likely N-dealkylation sites (tertiary alicyclic amines) is 1. The molecule has 110 valence electrons. The molecule has 5 nitrogen and oxygen atoms in total. The van der Waals surface area contributed by atoms with Crippen LogP contribution in [0.3, 0.4) is 0 Å². The maximum Gasteiger partial charge on any atom is 0.266 e. The van der Waals surface area contributed by atoms with Crippen LogP contribution in [-0.2, 0) is 4.79 Å². The van der Waals surface area contributed by atoms with Crippen molar-refractivity contribution in [1.29, 1.82) is 5.26 Å². The van der Waals surface area contributed by atoms with Gasteiger partial charge >= 0.3 is 0 Å². The third-order valence-corrected chi connectivity index (χ3v) is 3.67. The van der Waals surface area contributed by atoms with Gasteiger partial charge in [0.15, 0.2) is 0 Å². The Morgan fingerprint density at radius 1 is 1.48 bits per heavy atom. The van der Waals surface area contributed by atoms with Crippen molar-refractivity contribution in [1.82, 2.24) is 9.88 Å². The van der Waals surface area contributed by atoms with Gasteiger partial charge in [0.1, 0.15) is 17.5 Å². The van der Waals surface area contributed by atoms with Crippen molar-refractivity contribution in [2.45, 2.75) is 26.7 Å². The lowest BCUT2D eigenvalue weighted by atomic mass is 9.99. The predicted molar refractivity (Wildman–Crippen MR) is 81.3 cm³/mol. The van der Waals surface area contributed by atoms with E-state index in [-0.39, 0.29) is 11.5 Å². The number of nitrogens with zero attached hydrogens (tertiary/aromatic N) is 3. The number of hydrogen-bond donors (Lipinski definition) is 1. The summed E-state index contributed by atoms with van der Waals surface area (Å²) in [5.41, 5.74) is 0.996. The Labute approximate surface area is 125 Å². The summed E-state index contributed by atoms with van der Waals surface area (Å²) >= 11 is 0. The van der Waals surface area contributed by atoms with Crippen LogP contribution in [0.1, 0.15) is 25.5 Å². The summed E-state index contributed by atoms with van der Waals surface area (Å²) < 4.78 is 0. The first kappa shape index (κ1) is 15.0. The molecular weight excluding hydrogens is 264 g/mol. The normalized spacial score (nSPS) is 16.4. The van der Waals surface area contributed by atoms with Crippen molar-refractivity contribution in [3.05, 3.63) is 35.7 Å². The molecule has 0 aliphatic carbocycles. The lowest BCUT2D eigenvalue weighted by Crippen LogP contribution is -2.38.